The Labute approximate surface area is 115 Å². The van der Waals surface area contributed by atoms with Gasteiger partial charge in [-0.3, -0.25) is 9.69 Å². The number of nitrogens with zero attached hydrogens (tertiary/aromatic N) is 1. The SMILES string of the molecule is CCC(C)(C(=O)NCC(C)N(C)C1CC1)C(N)=S. The highest BCUT2D eigenvalue weighted by atomic mass is 32.1. The molecule has 0 heterocycles. The van der Waals surface area contributed by atoms with Gasteiger partial charge in [0.2, 0.25) is 5.91 Å². The standard InChI is InChI=1S/C13H25N3OS/c1-5-13(3,11(14)18)12(17)15-8-9(2)16(4)10-6-7-10/h9-10H,5-8H2,1-4H3,(H2,14,18)(H,15,17). The van der Waals surface area contributed by atoms with E-state index in [2.05, 4.69) is 24.2 Å². The fourth-order valence-corrected chi connectivity index (χ4v) is 2.10. The van der Waals surface area contributed by atoms with Crippen LogP contribution in [0.15, 0.2) is 0 Å². The molecule has 1 rings (SSSR count). The monoisotopic (exact) mass is 271 g/mol. The Balaban J connectivity index is 2.46. The Morgan fingerprint density at radius 3 is 2.56 bits per heavy atom. The van der Waals surface area contributed by atoms with Crippen LogP contribution in [-0.2, 0) is 4.79 Å². The van der Waals surface area contributed by atoms with E-state index in [0.717, 1.165) is 0 Å². The molecular formula is C13H25N3OS. The number of hydrogen-bond donors (Lipinski definition) is 2. The van der Waals surface area contributed by atoms with Crippen LogP contribution in [0, 0.1) is 5.41 Å². The average Bonchev–Trinajstić information content (AvgIpc) is 3.17. The molecule has 0 aliphatic heterocycles. The van der Waals surface area contributed by atoms with Crippen LogP contribution >= 0.6 is 12.2 Å². The predicted molar refractivity (Wildman–Crippen MR) is 78.4 cm³/mol. The van der Waals surface area contributed by atoms with E-state index in [1.807, 2.05) is 6.92 Å². The van der Waals surface area contributed by atoms with E-state index in [9.17, 15) is 4.79 Å². The number of thiocarbonyl (C=S) groups is 1. The van der Waals surface area contributed by atoms with Crippen LogP contribution in [0.3, 0.4) is 0 Å². The lowest BCUT2D eigenvalue weighted by atomic mass is 9.86. The molecule has 1 aliphatic carbocycles. The summed E-state index contributed by atoms with van der Waals surface area (Å²) in [5.41, 5.74) is 4.94. The van der Waals surface area contributed by atoms with Gasteiger partial charge >= 0.3 is 0 Å². The van der Waals surface area contributed by atoms with Crippen LogP contribution in [-0.4, -0.2) is 41.5 Å². The smallest absolute Gasteiger partial charge is 0.232 e. The molecule has 1 amide bonds. The van der Waals surface area contributed by atoms with Gasteiger partial charge in [0, 0.05) is 18.6 Å². The largest absolute Gasteiger partial charge is 0.392 e. The zero-order valence-electron chi connectivity index (χ0n) is 11.8. The van der Waals surface area contributed by atoms with Gasteiger partial charge in [0.05, 0.1) is 10.4 Å². The van der Waals surface area contributed by atoms with Crippen molar-refractivity contribution in [2.75, 3.05) is 13.6 Å². The number of nitrogens with one attached hydrogen (secondary N) is 1. The summed E-state index contributed by atoms with van der Waals surface area (Å²) in [5.74, 6) is -0.0615. The molecule has 0 saturated heterocycles. The van der Waals surface area contributed by atoms with Crippen molar-refractivity contribution in [3.8, 4) is 0 Å². The second kappa shape index (κ2) is 5.97. The molecule has 0 aromatic rings. The number of carbonyl (C=O) groups excluding carboxylic acids is 1. The normalized spacial score (nSPS) is 20.3. The van der Waals surface area contributed by atoms with Crippen LogP contribution in [0.2, 0.25) is 0 Å². The van der Waals surface area contributed by atoms with Gasteiger partial charge in [0.15, 0.2) is 0 Å². The number of hydrogen-bond acceptors (Lipinski definition) is 3. The summed E-state index contributed by atoms with van der Waals surface area (Å²) in [6, 6.07) is 1.04. The van der Waals surface area contributed by atoms with Crippen molar-refractivity contribution in [1.82, 2.24) is 10.2 Å². The lowest BCUT2D eigenvalue weighted by Gasteiger charge is -2.29. The molecular weight excluding hydrogens is 246 g/mol. The van der Waals surface area contributed by atoms with E-state index in [4.69, 9.17) is 18.0 Å². The highest BCUT2D eigenvalue weighted by Gasteiger charge is 2.35. The fourth-order valence-electron chi connectivity index (χ4n) is 1.87. The van der Waals surface area contributed by atoms with E-state index in [0.29, 0.717) is 25.0 Å². The Kier molecular flexibility index (Phi) is 5.10. The van der Waals surface area contributed by atoms with Gasteiger partial charge in [-0.1, -0.05) is 19.1 Å². The Hall–Kier alpha value is -0.680. The minimum atomic E-state index is -0.729. The van der Waals surface area contributed by atoms with Crippen molar-refractivity contribution in [1.29, 1.82) is 0 Å². The summed E-state index contributed by atoms with van der Waals surface area (Å²) in [7, 11) is 2.11. The van der Waals surface area contributed by atoms with Crippen LogP contribution < -0.4 is 11.1 Å². The molecule has 1 fully saturated rings. The molecule has 0 aromatic heterocycles. The quantitative estimate of drug-likeness (QED) is 0.685. The first kappa shape index (κ1) is 15.4. The lowest BCUT2D eigenvalue weighted by Crippen LogP contribution is -2.50. The number of nitrogens with two attached hydrogens (primary N) is 1. The summed E-state index contributed by atoms with van der Waals surface area (Å²) in [4.78, 5) is 14.7. The van der Waals surface area contributed by atoms with Gasteiger partial charge in [-0.25, -0.2) is 0 Å². The molecule has 4 nitrogen and oxygen atoms in total. The molecule has 3 N–H and O–H groups in total. The van der Waals surface area contributed by atoms with Gasteiger partial charge in [-0.2, -0.15) is 0 Å². The van der Waals surface area contributed by atoms with Crippen molar-refractivity contribution in [2.45, 2.75) is 52.1 Å². The van der Waals surface area contributed by atoms with Crippen molar-refractivity contribution < 1.29 is 4.79 Å². The number of likely N-dealkylation sites (N-methyl/N-ethyl adjacent to an activating group) is 1. The van der Waals surface area contributed by atoms with Gasteiger partial charge in [-0.05, 0) is 40.2 Å². The summed E-state index contributed by atoms with van der Waals surface area (Å²) < 4.78 is 0. The van der Waals surface area contributed by atoms with E-state index in [1.165, 1.54) is 12.8 Å². The Morgan fingerprint density at radius 1 is 1.61 bits per heavy atom. The molecule has 0 bridgehead atoms. The number of amides is 1. The van der Waals surface area contributed by atoms with Crippen LogP contribution in [0.1, 0.15) is 40.0 Å². The highest BCUT2D eigenvalue weighted by molar-refractivity contribution is 7.80. The van der Waals surface area contributed by atoms with Gasteiger partial charge in [0.25, 0.3) is 0 Å². The van der Waals surface area contributed by atoms with E-state index >= 15 is 0 Å². The third-order valence-electron chi connectivity index (χ3n) is 4.13. The molecule has 18 heavy (non-hydrogen) atoms. The van der Waals surface area contributed by atoms with Gasteiger partial charge in [-0.15, -0.1) is 0 Å². The minimum absolute atomic E-state index is 0.0615. The maximum absolute atomic E-state index is 12.2. The summed E-state index contributed by atoms with van der Waals surface area (Å²) in [6.45, 7) is 6.51. The Bertz CT molecular complexity index is 330. The topological polar surface area (TPSA) is 58.4 Å². The van der Waals surface area contributed by atoms with Crippen LogP contribution in [0.25, 0.3) is 0 Å². The van der Waals surface area contributed by atoms with E-state index in [1.54, 1.807) is 6.92 Å². The van der Waals surface area contributed by atoms with E-state index in [-0.39, 0.29) is 10.9 Å². The van der Waals surface area contributed by atoms with E-state index < -0.39 is 5.41 Å². The van der Waals surface area contributed by atoms with Crippen molar-refractivity contribution in [3.63, 3.8) is 0 Å². The number of carbonyl (C=O) groups is 1. The van der Waals surface area contributed by atoms with Crippen LogP contribution in [0.4, 0.5) is 0 Å². The van der Waals surface area contributed by atoms with Gasteiger partial charge in [0.1, 0.15) is 0 Å². The van der Waals surface area contributed by atoms with Crippen LogP contribution in [0.5, 0.6) is 0 Å². The molecule has 2 atom stereocenters. The molecule has 5 heteroatoms. The first-order chi connectivity index (χ1) is 8.32. The molecule has 2 unspecified atom stereocenters. The molecule has 1 saturated carbocycles. The minimum Gasteiger partial charge on any atom is -0.392 e. The fraction of sp³-hybridized carbons (Fsp3) is 0.846. The first-order valence-electron chi connectivity index (χ1n) is 6.63. The maximum Gasteiger partial charge on any atom is 0.232 e. The summed E-state index contributed by atoms with van der Waals surface area (Å²) in [5, 5.41) is 2.97. The summed E-state index contributed by atoms with van der Waals surface area (Å²) >= 11 is 5.00. The lowest BCUT2D eigenvalue weighted by molar-refractivity contribution is -0.127. The second-order valence-electron chi connectivity index (χ2n) is 5.51. The third-order valence-corrected chi connectivity index (χ3v) is 4.58. The molecule has 0 aromatic carbocycles. The summed E-state index contributed by atoms with van der Waals surface area (Å²) in [6.07, 6.45) is 3.17. The highest BCUT2D eigenvalue weighted by Crippen LogP contribution is 2.27. The maximum atomic E-state index is 12.2. The molecule has 0 radical (unpaired) electrons. The third kappa shape index (κ3) is 3.42. The van der Waals surface area contributed by atoms with Crippen molar-refractivity contribution >= 4 is 23.1 Å². The van der Waals surface area contributed by atoms with Crippen molar-refractivity contribution in [2.24, 2.45) is 11.1 Å². The van der Waals surface area contributed by atoms with Crippen molar-refractivity contribution in [3.05, 3.63) is 0 Å². The number of rotatable bonds is 7. The zero-order valence-corrected chi connectivity index (χ0v) is 12.6. The predicted octanol–water partition coefficient (Wildman–Crippen LogP) is 1.29. The molecule has 1 aliphatic rings. The van der Waals surface area contributed by atoms with Gasteiger partial charge < -0.3 is 11.1 Å². The first-order valence-corrected chi connectivity index (χ1v) is 7.04. The molecule has 104 valence electrons. The second-order valence-corrected chi connectivity index (χ2v) is 5.95. The molecule has 0 spiro atoms. The average molecular weight is 271 g/mol. The Morgan fingerprint density at radius 2 is 2.17 bits per heavy atom. The zero-order chi connectivity index (χ0) is 13.9.